The average Bonchev–Trinajstić information content (AvgIpc) is 3.16. The van der Waals surface area contributed by atoms with E-state index in [1.54, 1.807) is 4.68 Å². The van der Waals surface area contributed by atoms with E-state index >= 15 is 0 Å². The van der Waals surface area contributed by atoms with Gasteiger partial charge in [-0.15, -0.1) is 0 Å². The van der Waals surface area contributed by atoms with E-state index in [2.05, 4.69) is 15.0 Å². The summed E-state index contributed by atoms with van der Waals surface area (Å²) in [6.45, 7) is 1.71. The smallest absolute Gasteiger partial charge is 0.475 e. The second-order valence-electron chi connectivity index (χ2n) is 6.24. The minimum absolute atomic E-state index is 0.154. The third-order valence-corrected chi connectivity index (χ3v) is 4.16. The van der Waals surface area contributed by atoms with Crippen molar-refractivity contribution < 1.29 is 28.2 Å². The Labute approximate surface area is 154 Å². The van der Waals surface area contributed by atoms with Crippen LogP contribution in [-0.4, -0.2) is 60.7 Å². The number of aliphatic carboxylic acids is 1. The normalized spacial score (nSPS) is 20.2. The van der Waals surface area contributed by atoms with Gasteiger partial charge in [-0.3, -0.25) is 14.6 Å². The van der Waals surface area contributed by atoms with Crippen molar-refractivity contribution in [3.63, 3.8) is 0 Å². The van der Waals surface area contributed by atoms with Gasteiger partial charge >= 0.3 is 12.1 Å². The van der Waals surface area contributed by atoms with Crippen molar-refractivity contribution in [3.8, 4) is 0 Å². The van der Waals surface area contributed by atoms with E-state index in [9.17, 15) is 18.3 Å². The van der Waals surface area contributed by atoms with Crippen LogP contribution >= 0.6 is 0 Å². The van der Waals surface area contributed by atoms with Crippen LogP contribution in [0.4, 0.5) is 13.2 Å². The van der Waals surface area contributed by atoms with E-state index in [-0.39, 0.29) is 12.1 Å². The highest BCUT2D eigenvalue weighted by atomic mass is 19.4. The van der Waals surface area contributed by atoms with Gasteiger partial charge < -0.3 is 10.2 Å². The lowest BCUT2D eigenvalue weighted by molar-refractivity contribution is -0.192. The molecule has 3 heterocycles. The molecule has 0 saturated carbocycles. The number of hydrogen-bond acceptors (Lipinski definition) is 5. The number of aliphatic hydroxyl groups excluding tert-OH is 1. The first kappa shape index (κ1) is 20.8. The number of carboxylic acid groups (broad SMARTS) is 1. The predicted molar refractivity (Wildman–Crippen MR) is 89.7 cm³/mol. The van der Waals surface area contributed by atoms with Crippen molar-refractivity contribution in [2.45, 2.75) is 37.7 Å². The Morgan fingerprint density at radius 1 is 1.37 bits per heavy atom. The van der Waals surface area contributed by atoms with Gasteiger partial charge in [-0.2, -0.15) is 18.3 Å². The summed E-state index contributed by atoms with van der Waals surface area (Å²) in [5.74, 6) is -2.76. The molecule has 2 atom stereocenters. The van der Waals surface area contributed by atoms with Gasteiger partial charge in [0.1, 0.15) is 0 Å². The van der Waals surface area contributed by atoms with Crippen LogP contribution in [0.5, 0.6) is 0 Å². The second-order valence-corrected chi connectivity index (χ2v) is 6.24. The Balaban J connectivity index is 0.000000321. The Morgan fingerprint density at radius 2 is 2.07 bits per heavy atom. The molecule has 2 N–H and O–H groups in total. The molecule has 0 spiro atoms. The van der Waals surface area contributed by atoms with Crippen LogP contribution in [0, 0.1) is 0 Å². The number of carbonyl (C=O) groups is 1. The van der Waals surface area contributed by atoms with Gasteiger partial charge in [0.05, 0.1) is 18.0 Å². The number of carboxylic acids is 1. The zero-order chi connectivity index (χ0) is 20.0. The number of aryl methyl sites for hydroxylation is 1. The number of likely N-dealkylation sites (tertiary alicyclic amines) is 1. The number of nitrogens with zero attached hydrogens (tertiary/aromatic N) is 4. The van der Waals surface area contributed by atoms with Crippen LogP contribution in [0.1, 0.15) is 17.7 Å². The summed E-state index contributed by atoms with van der Waals surface area (Å²) in [5.41, 5.74) is 2.22. The van der Waals surface area contributed by atoms with Crippen molar-refractivity contribution in [2.75, 3.05) is 6.54 Å². The summed E-state index contributed by atoms with van der Waals surface area (Å²) in [7, 11) is 1.92. The molecular formula is C17H21F3N4O3. The van der Waals surface area contributed by atoms with Crippen LogP contribution < -0.4 is 0 Å². The molecule has 7 nitrogen and oxygen atoms in total. The van der Waals surface area contributed by atoms with E-state index in [0.717, 1.165) is 31.6 Å². The quantitative estimate of drug-likeness (QED) is 0.830. The predicted octanol–water partition coefficient (Wildman–Crippen LogP) is 1.63. The molecule has 3 rings (SSSR count). The van der Waals surface area contributed by atoms with Crippen molar-refractivity contribution in [2.24, 2.45) is 7.05 Å². The summed E-state index contributed by atoms with van der Waals surface area (Å²) >= 11 is 0. The zero-order valence-corrected chi connectivity index (χ0v) is 14.7. The van der Waals surface area contributed by atoms with Gasteiger partial charge in [-0.05, 0) is 30.5 Å². The third-order valence-electron chi connectivity index (χ3n) is 4.16. The fraction of sp³-hybridized carbons (Fsp3) is 0.471. The van der Waals surface area contributed by atoms with Crippen LogP contribution in [-0.2, 0) is 24.8 Å². The Kier molecular flexibility index (Phi) is 6.92. The van der Waals surface area contributed by atoms with Crippen molar-refractivity contribution in [1.29, 1.82) is 0 Å². The number of alkyl halides is 3. The zero-order valence-electron chi connectivity index (χ0n) is 14.7. The molecule has 0 amide bonds. The van der Waals surface area contributed by atoms with Gasteiger partial charge in [0.15, 0.2) is 0 Å². The molecule has 0 radical (unpaired) electrons. The highest BCUT2D eigenvalue weighted by Gasteiger charge is 2.38. The van der Waals surface area contributed by atoms with Gasteiger partial charge in [-0.25, -0.2) is 4.79 Å². The lowest BCUT2D eigenvalue weighted by Gasteiger charge is -2.25. The molecule has 0 unspecified atom stereocenters. The number of aliphatic hydroxyl groups is 1. The molecular weight excluding hydrogens is 365 g/mol. The topological polar surface area (TPSA) is 91.5 Å². The standard InChI is InChI=1S/C15H20N4O.C2HF3O2/c1-18-10-12(9-17-18)8-14-15(20)5-7-19(14)11-13-4-2-3-6-16-13;3-2(4,5)1(6)7/h2-4,6,9-10,14-15,20H,5,7-8,11H2,1H3;(H,6,7)/t14-,15+;/m0./s1. The number of halogens is 3. The van der Waals surface area contributed by atoms with E-state index in [4.69, 9.17) is 9.90 Å². The maximum absolute atomic E-state index is 10.6. The fourth-order valence-electron chi connectivity index (χ4n) is 2.88. The highest BCUT2D eigenvalue weighted by Crippen LogP contribution is 2.23. The molecule has 1 aliphatic heterocycles. The van der Waals surface area contributed by atoms with Crippen molar-refractivity contribution >= 4 is 5.97 Å². The van der Waals surface area contributed by atoms with E-state index in [1.807, 2.05) is 43.8 Å². The van der Waals surface area contributed by atoms with E-state index < -0.39 is 12.1 Å². The summed E-state index contributed by atoms with van der Waals surface area (Å²) < 4.78 is 33.5. The summed E-state index contributed by atoms with van der Waals surface area (Å²) in [6.07, 6.45) is 2.03. The minimum Gasteiger partial charge on any atom is -0.475 e. The number of hydrogen-bond donors (Lipinski definition) is 2. The third kappa shape index (κ3) is 6.33. The fourth-order valence-corrected chi connectivity index (χ4v) is 2.88. The van der Waals surface area contributed by atoms with Crippen LogP contribution in [0.2, 0.25) is 0 Å². The van der Waals surface area contributed by atoms with Gasteiger partial charge in [0.2, 0.25) is 0 Å². The maximum atomic E-state index is 10.6. The molecule has 0 bridgehead atoms. The maximum Gasteiger partial charge on any atom is 0.490 e. The molecule has 1 fully saturated rings. The van der Waals surface area contributed by atoms with Crippen molar-refractivity contribution in [1.82, 2.24) is 19.7 Å². The summed E-state index contributed by atoms with van der Waals surface area (Å²) in [5, 5.41) is 21.5. The van der Waals surface area contributed by atoms with Crippen molar-refractivity contribution in [3.05, 3.63) is 48.0 Å². The van der Waals surface area contributed by atoms with Crippen LogP contribution in [0.15, 0.2) is 36.8 Å². The molecule has 2 aromatic rings. The lowest BCUT2D eigenvalue weighted by Crippen LogP contribution is -2.36. The Hall–Kier alpha value is -2.46. The van der Waals surface area contributed by atoms with Crippen LogP contribution in [0.3, 0.4) is 0 Å². The highest BCUT2D eigenvalue weighted by molar-refractivity contribution is 5.73. The number of rotatable bonds is 4. The molecule has 10 heteroatoms. The molecule has 27 heavy (non-hydrogen) atoms. The first-order chi connectivity index (χ1) is 12.7. The number of pyridine rings is 1. The first-order valence-corrected chi connectivity index (χ1v) is 8.26. The first-order valence-electron chi connectivity index (χ1n) is 8.26. The van der Waals surface area contributed by atoms with E-state index in [1.165, 1.54) is 5.56 Å². The molecule has 1 saturated heterocycles. The molecule has 0 aromatic carbocycles. The number of aromatic nitrogens is 3. The Bertz CT molecular complexity index is 737. The molecule has 1 aliphatic rings. The van der Waals surface area contributed by atoms with Gasteiger partial charge in [0, 0.05) is 38.6 Å². The minimum atomic E-state index is -5.08. The van der Waals surface area contributed by atoms with Crippen LogP contribution in [0.25, 0.3) is 0 Å². The van der Waals surface area contributed by atoms with Gasteiger partial charge in [0.25, 0.3) is 0 Å². The molecule has 0 aliphatic carbocycles. The summed E-state index contributed by atoms with van der Waals surface area (Å²) in [4.78, 5) is 15.6. The average molecular weight is 386 g/mol. The summed E-state index contributed by atoms with van der Waals surface area (Å²) in [6, 6.07) is 6.12. The molecule has 148 valence electrons. The molecule has 2 aromatic heterocycles. The SMILES string of the molecule is Cn1cc(C[C@H]2[C@H](O)CCN2Cc2ccccn2)cn1.O=C(O)C(F)(F)F. The van der Waals surface area contributed by atoms with Gasteiger partial charge in [-0.1, -0.05) is 6.07 Å². The lowest BCUT2D eigenvalue weighted by atomic mass is 10.0. The van der Waals surface area contributed by atoms with E-state index in [0.29, 0.717) is 0 Å². The Morgan fingerprint density at radius 3 is 2.59 bits per heavy atom. The largest absolute Gasteiger partial charge is 0.490 e. The second kappa shape index (κ2) is 8.96. The monoisotopic (exact) mass is 386 g/mol.